The molecule has 0 aliphatic heterocycles. The van der Waals surface area contributed by atoms with Crippen molar-refractivity contribution in [1.29, 1.82) is 0 Å². The number of anilines is 1. The van der Waals surface area contributed by atoms with E-state index in [-0.39, 0.29) is 69.9 Å². The molecule has 0 aromatic heterocycles. The number of nitrogens with one attached hydrogen (secondary N) is 1. The summed E-state index contributed by atoms with van der Waals surface area (Å²) in [5.74, 6) is 0. The summed E-state index contributed by atoms with van der Waals surface area (Å²) in [6.45, 7) is 0. The van der Waals surface area contributed by atoms with Gasteiger partial charge in [0.15, 0.2) is 0 Å². The summed E-state index contributed by atoms with van der Waals surface area (Å²) in [6.07, 6.45) is 0. The predicted molar refractivity (Wildman–Crippen MR) is 118 cm³/mol. The normalized spacial score (nSPS) is 11.7. The SMILES string of the molecule is CNc1ccc(/N=N/c2ccc3c(S(=O)(=O)O)cc(S(=O)(=O)O)cc3c2)cc1.[NaH].[NaH]. The second-order valence-corrected chi connectivity index (χ2v) is 8.59. The molecule has 0 unspecified atom stereocenters. The molecule has 3 aromatic carbocycles. The van der Waals surface area contributed by atoms with Gasteiger partial charge in [-0.25, -0.2) is 0 Å². The Morgan fingerprint density at radius 2 is 1.33 bits per heavy atom. The molecule has 0 saturated carbocycles. The molecule has 0 fully saturated rings. The molecule has 150 valence electrons. The van der Waals surface area contributed by atoms with Crippen molar-refractivity contribution in [3.63, 3.8) is 0 Å². The topological polar surface area (TPSA) is 145 Å². The maximum absolute atomic E-state index is 11.6. The van der Waals surface area contributed by atoms with Gasteiger partial charge in [0.2, 0.25) is 0 Å². The average Bonchev–Trinajstić information content (AvgIpc) is 2.64. The number of azo groups is 1. The van der Waals surface area contributed by atoms with E-state index in [4.69, 9.17) is 0 Å². The Labute approximate surface area is 218 Å². The molecule has 0 spiro atoms. The van der Waals surface area contributed by atoms with Gasteiger partial charge in [-0.2, -0.15) is 27.1 Å². The van der Waals surface area contributed by atoms with Gasteiger partial charge in [-0.1, -0.05) is 6.07 Å². The first-order valence-corrected chi connectivity index (χ1v) is 10.7. The maximum atomic E-state index is 11.6. The number of hydrogen-bond acceptors (Lipinski definition) is 7. The van der Waals surface area contributed by atoms with E-state index in [2.05, 4.69) is 15.5 Å². The van der Waals surface area contributed by atoms with E-state index in [9.17, 15) is 25.9 Å². The van der Waals surface area contributed by atoms with Crippen molar-refractivity contribution in [2.24, 2.45) is 10.2 Å². The van der Waals surface area contributed by atoms with Crippen LogP contribution in [0, 0.1) is 0 Å². The molecule has 9 nitrogen and oxygen atoms in total. The molecule has 0 atom stereocenters. The summed E-state index contributed by atoms with van der Waals surface area (Å²) < 4.78 is 64.7. The van der Waals surface area contributed by atoms with Crippen LogP contribution in [-0.2, 0) is 20.2 Å². The molecule has 30 heavy (non-hydrogen) atoms. The zero-order chi connectivity index (χ0) is 20.5. The van der Waals surface area contributed by atoms with E-state index >= 15 is 0 Å². The second kappa shape index (κ2) is 10.6. The molecule has 0 heterocycles. The summed E-state index contributed by atoms with van der Waals surface area (Å²) in [5.41, 5.74) is 1.79. The second-order valence-electron chi connectivity index (χ2n) is 5.77. The van der Waals surface area contributed by atoms with Crippen molar-refractivity contribution in [2.45, 2.75) is 9.79 Å². The summed E-state index contributed by atoms with van der Waals surface area (Å²) in [5, 5.41) is 11.3. The van der Waals surface area contributed by atoms with Crippen LogP contribution in [0.3, 0.4) is 0 Å². The Morgan fingerprint density at radius 1 is 0.767 bits per heavy atom. The van der Waals surface area contributed by atoms with Crippen LogP contribution in [0.15, 0.2) is 74.6 Å². The molecular formula is C17H17N3Na2O6S2. The van der Waals surface area contributed by atoms with E-state index < -0.39 is 30.0 Å². The van der Waals surface area contributed by atoms with Crippen molar-refractivity contribution >= 4 is 107 Å². The summed E-state index contributed by atoms with van der Waals surface area (Å²) in [7, 11) is -7.62. The third kappa shape index (κ3) is 6.57. The third-order valence-electron chi connectivity index (χ3n) is 3.88. The first kappa shape index (κ1) is 27.2. The van der Waals surface area contributed by atoms with Crippen LogP contribution in [0.2, 0.25) is 0 Å². The monoisotopic (exact) mass is 469 g/mol. The van der Waals surface area contributed by atoms with Crippen molar-refractivity contribution < 1.29 is 25.9 Å². The Morgan fingerprint density at radius 3 is 1.87 bits per heavy atom. The van der Waals surface area contributed by atoms with Gasteiger partial charge in [0.1, 0.15) is 4.90 Å². The van der Waals surface area contributed by atoms with Gasteiger partial charge in [0.25, 0.3) is 20.2 Å². The van der Waals surface area contributed by atoms with Crippen LogP contribution in [0.5, 0.6) is 0 Å². The molecule has 0 aliphatic carbocycles. The Bertz CT molecular complexity index is 1300. The van der Waals surface area contributed by atoms with Gasteiger partial charge in [0.05, 0.1) is 16.3 Å². The molecule has 0 radical (unpaired) electrons. The van der Waals surface area contributed by atoms with Crippen LogP contribution < -0.4 is 5.32 Å². The van der Waals surface area contributed by atoms with Crippen LogP contribution in [-0.4, -0.2) is 92.1 Å². The van der Waals surface area contributed by atoms with Gasteiger partial charge in [0, 0.05) is 18.1 Å². The minimum atomic E-state index is -4.72. The van der Waals surface area contributed by atoms with Gasteiger partial charge in [-0.3, -0.25) is 9.11 Å². The van der Waals surface area contributed by atoms with E-state index in [1.165, 1.54) is 18.2 Å². The molecule has 0 bridgehead atoms. The fourth-order valence-electron chi connectivity index (χ4n) is 2.53. The molecule has 0 amide bonds. The first-order valence-electron chi connectivity index (χ1n) is 7.80. The molecule has 3 N–H and O–H groups in total. The minimum absolute atomic E-state index is 0. The van der Waals surface area contributed by atoms with Gasteiger partial charge in [-0.15, -0.1) is 0 Å². The summed E-state index contributed by atoms with van der Waals surface area (Å²) in [6, 6.07) is 13.1. The van der Waals surface area contributed by atoms with E-state index in [0.29, 0.717) is 17.4 Å². The van der Waals surface area contributed by atoms with Gasteiger partial charge in [-0.05, 0) is 53.9 Å². The Balaban J connectivity index is 0.00000225. The third-order valence-corrected chi connectivity index (χ3v) is 5.61. The fraction of sp³-hybridized carbons (Fsp3) is 0.0588. The molecule has 0 aliphatic rings. The Kier molecular flexibility index (Phi) is 9.64. The van der Waals surface area contributed by atoms with Crippen molar-refractivity contribution in [3.8, 4) is 0 Å². The van der Waals surface area contributed by atoms with Crippen LogP contribution in [0.1, 0.15) is 0 Å². The molecule has 3 rings (SSSR count). The predicted octanol–water partition coefficient (Wildman–Crippen LogP) is 2.49. The Hall–Kier alpha value is -0.860. The average molecular weight is 469 g/mol. The van der Waals surface area contributed by atoms with Crippen LogP contribution in [0.25, 0.3) is 10.8 Å². The number of benzene rings is 3. The molecule has 3 aromatic rings. The van der Waals surface area contributed by atoms with Crippen molar-refractivity contribution in [1.82, 2.24) is 0 Å². The molecule has 13 heteroatoms. The number of rotatable bonds is 5. The van der Waals surface area contributed by atoms with Gasteiger partial charge >= 0.3 is 59.1 Å². The van der Waals surface area contributed by atoms with Crippen LogP contribution in [0.4, 0.5) is 17.1 Å². The van der Waals surface area contributed by atoms with E-state index in [1.807, 2.05) is 12.1 Å². The zero-order valence-corrected chi connectivity index (χ0v) is 16.1. The number of fused-ring (bicyclic) bond motifs is 1. The van der Waals surface area contributed by atoms with Crippen LogP contribution >= 0.6 is 0 Å². The van der Waals surface area contributed by atoms with Crippen molar-refractivity contribution in [2.75, 3.05) is 12.4 Å². The first-order chi connectivity index (χ1) is 13.1. The van der Waals surface area contributed by atoms with Gasteiger partial charge < -0.3 is 5.32 Å². The summed E-state index contributed by atoms with van der Waals surface area (Å²) >= 11 is 0. The fourth-order valence-corrected chi connectivity index (χ4v) is 3.89. The quantitative estimate of drug-likeness (QED) is 0.296. The number of nitrogens with zero attached hydrogens (tertiary/aromatic N) is 2. The molecular weight excluding hydrogens is 452 g/mol. The van der Waals surface area contributed by atoms with E-state index in [0.717, 1.165) is 11.8 Å². The molecule has 0 saturated heterocycles. The zero-order valence-electron chi connectivity index (χ0n) is 14.4. The summed E-state index contributed by atoms with van der Waals surface area (Å²) in [4.78, 5) is -1.30. The van der Waals surface area contributed by atoms with E-state index in [1.54, 1.807) is 19.2 Å². The van der Waals surface area contributed by atoms with Crippen molar-refractivity contribution in [3.05, 3.63) is 54.6 Å². The number of hydrogen-bond donors (Lipinski definition) is 3. The standard InChI is InChI=1S/C17H15N3O6S2.2Na.2H/c1-18-12-2-4-13(5-3-12)19-20-14-6-7-16-11(8-14)9-15(27(21,22)23)10-17(16)28(24,25)26;;;;/h2-10,18H,1H3,(H,21,22,23)(H,24,25,26);;;;/b20-19+;;;;.